The number of benzene rings is 1. The molecular formula is C13H12O3S2. The Morgan fingerprint density at radius 2 is 2.06 bits per heavy atom. The van der Waals surface area contributed by atoms with E-state index in [2.05, 4.69) is 0 Å². The molecule has 1 aromatic heterocycles. The average Bonchev–Trinajstić information content (AvgIpc) is 2.84. The summed E-state index contributed by atoms with van der Waals surface area (Å²) in [6, 6.07) is 9.09. The van der Waals surface area contributed by atoms with Gasteiger partial charge in [-0.1, -0.05) is 30.0 Å². The molecule has 2 aromatic rings. The number of aryl methyl sites for hydroxylation is 1. The molecule has 94 valence electrons. The van der Waals surface area contributed by atoms with E-state index in [1.54, 1.807) is 18.4 Å². The molecule has 1 aromatic carbocycles. The number of hydrogen-bond acceptors (Lipinski definition) is 4. The van der Waals surface area contributed by atoms with Crippen LogP contribution in [0.4, 0.5) is 0 Å². The van der Waals surface area contributed by atoms with Crippen molar-refractivity contribution in [2.75, 3.05) is 5.75 Å². The van der Waals surface area contributed by atoms with Crippen LogP contribution in [0.25, 0.3) is 0 Å². The van der Waals surface area contributed by atoms with Crippen LogP contribution in [-0.4, -0.2) is 14.2 Å². The second-order valence-electron chi connectivity index (χ2n) is 4.32. The molecule has 0 bridgehead atoms. The van der Waals surface area contributed by atoms with E-state index in [-0.39, 0.29) is 11.0 Å². The molecule has 1 aliphatic heterocycles. The molecule has 0 saturated carbocycles. The summed E-state index contributed by atoms with van der Waals surface area (Å²) in [4.78, 5) is 0.465. The van der Waals surface area contributed by atoms with Crippen LogP contribution in [-0.2, 0) is 9.84 Å². The lowest BCUT2D eigenvalue weighted by Crippen LogP contribution is -2.00. The van der Waals surface area contributed by atoms with E-state index >= 15 is 0 Å². The van der Waals surface area contributed by atoms with Gasteiger partial charge in [-0.3, -0.25) is 0 Å². The summed E-state index contributed by atoms with van der Waals surface area (Å²) in [6.45, 7) is 1.96. The predicted molar refractivity (Wildman–Crippen MR) is 70.5 cm³/mol. The number of furan rings is 1. The maximum atomic E-state index is 12.0. The van der Waals surface area contributed by atoms with Gasteiger partial charge in [-0.2, -0.15) is 0 Å². The SMILES string of the molecule is Cc1ccoc1SC1CS(=O)(=O)c2ccccc21. The molecule has 3 rings (SSSR count). The first kappa shape index (κ1) is 11.9. The van der Waals surface area contributed by atoms with E-state index in [4.69, 9.17) is 4.42 Å². The Morgan fingerprint density at radius 1 is 1.28 bits per heavy atom. The average molecular weight is 280 g/mol. The number of hydrogen-bond donors (Lipinski definition) is 0. The van der Waals surface area contributed by atoms with Crippen molar-refractivity contribution >= 4 is 21.6 Å². The number of thioether (sulfide) groups is 1. The van der Waals surface area contributed by atoms with Crippen LogP contribution in [0.15, 0.2) is 51.0 Å². The van der Waals surface area contributed by atoms with Crippen LogP contribution >= 0.6 is 11.8 Å². The van der Waals surface area contributed by atoms with Crippen LogP contribution in [0.3, 0.4) is 0 Å². The van der Waals surface area contributed by atoms with Crippen LogP contribution in [0.5, 0.6) is 0 Å². The first-order valence-electron chi connectivity index (χ1n) is 5.60. The van der Waals surface area contributed by atoms with Crippen molar-refractivity contribution in [2.24, 2.45) is 0 Å². The van der Waals surface area contributed by atoms with Crippen molar-refractivity contribution in [3.8, 4) is 0 Å². The third kappa shape index (κ3) is 1.87. The Balaban J connectivity index is 2.00. The highest BCUT2D eigenvalue weighted by Crippen LogP contribution is 2.45. The Labute approximate surface area is 110 Å². The van der Waals surface area contributed by atoms with Gasteiger partial charge < -0.3 is 4.42 Å². The highest BCUT2D eigenvalue weighted by molar-refractivity contribution is 8.01. The van der Waals surface area contributed by atoms with Crippen molar-refractivity contribution in [2.45, 2.75) is 22.2 Å². The van der Waals surface area contributed by atoms with Crippen LogP contribution < -0.4 is 0 Å². The van der Waals surface area contributed by atoms with E-state index in [1.807, 2.05) is 25.1 Å². The molecule has 0 radical (unpaired) electrons. The second-order valence-corrected chi connectivity index (χ2v) is 7.49. The minimum absolute atomic E-state index is 0.0731. The first-order valence-corrected chi connectivity index (χ1v) is 8.13. The van der Waals surface area contributed by atoms with Gasteiger partial charge in [-0.15, -0.1) is 0 Å². The molecule has 3 nitrogen and oxygen atoms in total. The van der Waals surface area contributed by atoms with E-state index < -0.39 is 9.84 Å². The molecule has 1 aliphatic rings. The summed E-state index contributed by atoms with van der Waals surface area (Å²) in [7, 11) is -3.13. The fraction of sp³-hybridized carbons (Fsp3) is 0.231. The molecule has 5 heteroatoms. The van der Waals surface area contributed by atoms with Gasteiger partial charge >= 0.3 is 0 Å². The Bertz CT molecular complexity index is 686. The van der Waals surface area contributed by atoms with Crippen molar-refractivity contribution in [3.05, 3.63) is 47.7 Å². The molecule has 2 heterocycles. The van der Waals surface area contributed by atoms with Gasteiger partial charge in [0, 0.05) is 5.56 Å². The quantitative estimate of drug-likeness (QED) is 0.847. The molecule has 0 amide bonds. The minimum atomic E-state index is -3.13. The van der Waals surface area contributed by atoms with Gasteiger partial charge in [-0.25, -0.2) is 8.42 Å². The highest BCUT2D eigenvalue weighted by Gasteiger charge is 2.35. The van der Waals surface area contributed by atoms with Crippen molar-refractivity contribution in [3.63, 3.8) is 0 Å². The maximum Gasteiger partial charge on any atom is 0.180 e. The monoisotopic (exact) mass is 280 g/mol. The van der Waals surface area contributed by atoms with E-state index in [0.717, 1.165) is 16.2 Å². The van der Waals surface area contributed by atoms with Crippen molar-refractivity contribution in [1.82, 2.24) is 0 Å². The predicted octanol–water partition coefficient (Wildman–Crippen LogP) is 3.21. The molecule has 0 aliphatic carbocycles. The molecule has 0 fully saturated rings. The summed E-state index contributed by atoms with van der Waals surface area (Å²) >= 11 is 1.48. The maximum absolute atomic E-state index is 12.0. The van der Waals surface area contributed by atoms with E-state index in [9.17, 15) is 8.42 Å². The summed E-state index contributed by atoms with van der Waals surface area (Å²) < 4.78 is 29.4. The molecule has 18 heavy (non-hydrogen) atoms. The highest BCUT2D eigenvalue weighted by atomic mass is 32.2. The molecular weight excluding hydrogens is 268 g/mol. The second kappa shape index (κ2) is 4.17. The Morgan fingerprint density at radius 3 is 2.78 bits per heavy atom. The summed E-state index contributed by atoms with van der Waals surface area (Å²) in [5.74, 6) is 0.150. The van der Waals surface area contributed by atoms with Gasteiger partial charge in [0.25, 0.3) is 0 Å². The van der Waals surface area contributed by atoms with Crippen molar-refractivity contribution < 1.29 is 12.8 Å². The Hall–Kier alpha value is -1.20. The third-order valence-electron chi connectivity index (χ3n) is 3.04. The molecule has 1 unspecified atom stereocenters. The molecule has 0 N–H and O–H groups in total. The van der Waals surface area contributed by atoms with Gasteiger partial charge in [0.05, 0.1) is 22.2 Å². The van der Waals surface area contributed by atoms with Gasteiger partial charge in [0.1, 0.15) is 0 Å². The third-order valence-corrected chi connectivity index (χ3v) is 6.40. The molecule has 1 atom stereocenters. The van der Waals surface area contributed by atoms with Crippen LogP contribution in [0, 0.1) is 6.92 Å². The summed E-state index contributed by atoms with van der Waals surface area (Å²) in [6.07, 6.45) is 1.63. The number of sulfone groups is 1. The molecule has 0 saturated heterocycles. The lowest BCUT2D eigenvalue weighted by Gasteiger charge is -2.07. The van der Waals surface area contributed by atoms with Crippen LogP contribution in [0.1, 0.15) is 16.4 Å². The zero-order valence-corrected chi connectivity index (χ0v) is 11.4. The topological polar surface area (TPSA) is 47.3 Å². The largest absolute Gasteiger partial charge is 0.458 e. The van der Waals surface area contributed by atoms with Gasteiger partial charge in [-0.05, 0) is 24.6 Å². The van der Waals surface area contributed by atoms with Crippen molar-refractivity contribution in [1.29, 1.82) is 0 Å². The Kier molecular flexibility index (Phi) is 2.75. The fourth-order valence-corrected chi connectivity index (χ4v) is 5.57. The normalized spacial score (nSPS) is 20.8. The lowest BCUT2D eigenvalue weighted by atomic mass is 10.2. The standard InChI is InChI=1S/C13H12O3S2/c1-9-6-7-16-13(9)17-11-8-18(14,15)12-5-3-2-4-10(11)12/h2-7,11H,8H2,1H3. The zero-order valence-electron chi connectivity index (χ0n) is 9.79. The smallest absolute Gasteiger partial charge is 0.180 e. The fourth-order valence-electron chi connectivity index (χ4n) is 2.11. The van der Waals surface area contributed by atoms with Crippen LogP contribution in [0.2, 0.25) is 0 Å². The number of rotatable bonds is 2. The summed E-state index contributed by atoms with van der Waals surface area (Å²) in [5.41, 5.74) is 1.93. The van der Waals surface area contributed by atoms with E-state index in [1.165, 1.54) is 11.8 Å². The van der Waals surface area contributed by atoms with Gasteiger partial charge in [0.15, 0.2) is 14.9 Å². The zero-order chi connectivity index (χ0) is 12.8. The van der Waals surface area contributed by atoms with E-state index in [0.29, 0.717) is 4.90 Å². The lowest BCUT2D eigenvalue weighted by molar-refractivity contribution is 0.470. The first-order chi connectivity index (χ1) is 8.58. The summed E-state index contributed by atoms with van der Waals surface area (Å²) in [5, 5.41) is 0.725. The van der Waals surface area contributed by atoms with Gasteiger partial charge in [0.2, 0.25) is 0 Å². The number of fused-ring (bicyclic) bond motifs is 1. The molecule has 0 spiro atoms. The minimum Gasteiger partial charge on any atom is -0.458 e.